The van der Waals surface area contributed by atoms with E-state index in [-0.39, 0.29) is 0 Å². The van der Waals surface area contributed by atoms with Crippen LogP contribution in [0.25, 0.3) is 0 Å². The fourth-order valence-corrected chi connectivity index (χ4v) is 2.60. The molecule has 0 amide bonds. The highest BCUT2D eigenvalue weighted by atomic mass is 16.1. The molecular weight excluding hydrogens is 268 g/mol. The Balaban J connectivity index is 3.26. The van der Waals surface area contributed by atoms with Crippen molar-refractivity contribution in [3.05, 3.63) is 0 Å². The van der Waals surface area contributed by atoms with E-state index in [4.69, 9.17) is 0 Å². The lowest BCUT2D eigenvalue weighted by Gasteiger charge is -2.01. The maximum Gasteiger partial charge on any atom is 0.132 e. The first-order valence-electron chi connectivity index (χ1n) is 9.78. The molecule has 128 valence electrons. The number of hydrogen-bond acceptors (Lipinski definition) is 1. The minimum atomic E-state index is 0.443. The normalized spacial score (nSPS) is 10.3. The van der Waals surface area contributed by atoms with E-state index in [1.54, 1.807) is 0 Å². The Morgan fingerprint density at radius 1 is 0.591 bits per heavy atom. The Bertz CT molecular complexity index is 295. The minimum Gasteiger partial charge on any atom is -0.300 e. The summed E-state index contributed by atoms with van der Waals surface area (Å²) in [4.78, 5) is 11.7. The Kier molecular flexibility index (Phi) is 17.6. The van der Waals surface area contributed by atoms with Gasteiger partial charge in [0.25, 0.3) is 0 Å². The quantitative estimate of drug-likeness (QED) is 0.239. The van der Waals surface area contributed by atoms with Gasteiger partial charge in [-0.05, 0) is 19.3 Å². The third-order valence-corrected chi connectivity index (χ3v) is 4.10. The van der Waals surface area contributed by atoms with Crippen LogP contribution in [0.4, 0.5) is 0 Å². The van der Waals surface area contributed by atoms with Crippen molar-refractivity contribution in [1.82, 2.24) is 0 Å². The highest BCUT2D eigenvalue weighted by Crippen LogP contribution is 2.10. The van der Waals surface area contributed by atoms with Crippen molar-refractivity contribution in [2.75, 3.05) is 0 Å². The van der Waals surface area contributed by atoms with E-state index in [0.717, 1.165) is 38.5 Å². The molecule has 22 heavy (non-hydrogen) atoms. The Morgan fingerprint density at radius 3 is 1.68 bits per heavy atom. The van der Waals surface area contributed by atoms with Gasteiger partial charge in [0.2, 0.25) is 0 Å². The largest absolute Gasteiger partial charge is 0.300 e. The van der Waals surface area contributed by atoms with Gasteiger partial charge in [-0.1, -0.05) is 71.6 Å². The monoisotopic (exact) mass is 306 g/mol. The lowest BCUT2D eigenvalue weighted by atomic mass is 10.0. The summed E-state index contributed by atoms with van der Waals surface area (Å²) in [5, 5.41) is 0. The average molecular weight is 307 g/mol. The molecule has 0 aromatic carbocycles. The molecule has 0 fully saturated rings. The second-order valence-electron chi connectivity index (χ2n) is 6.43. The fraction of sp³-hybridized carbons (Fsp3) is 0.857. The van der Waals surface area contributed by atoms with Crippen molar-refractivity contribution in [2.24, 2.45) is 0 Å². The van der Waals surface area contributed by atoms with E-state index in [1.807, 2.05) is 0 Å². The van der Waals surface area contributed by atoms with Crippen LogP contribution in [0.2, 0.25) is 0 Å². The third kappa shape index (κ3) is 17.3. The first kappa shape index (κ1) is 21.2. The highest BCUT2D eigenvalue weighted by Gasteiger charge is 2.01. The van der Waals surface area contributed by atoms with Crippen LogP contribution in [0, 0.1) is 11.8 Å². The van der Waals surface area contributed by atoms with Gasteiger partial charge in [0.05, 0.1) is 0 Å². The first-order chi connectivity index (χ1) is 10.8. The second-order valence-corrected chi connectivity index (χ2v) is 6.43. The predicted octanol–water partition coefficient (Wildman–Crippen LogP) is 6.84. The van der Waals surface area contributed by atoms with Crippen molar-refractivity contribution in [3.63, 3.8) is 0 Å². The van der Waals surface area contributed by atoms with Crippen LogP contribution in [0.3, 0.4) is 0 Å². The third-order valence-electron chi connectivity index (χ3n) is 4.10. The molecule has 0 spiro atoms. The Labute approximate surface area is 139 Å². The zero-order valence-corrected chi connectivity index (χ0v) is 15.2. The summed E-state index contributed by atoms with van der Waals surface area (Å²) in [5.41, 5.74) is 0. The van der Waals surface area contributed by atoms with Gasteiger partial charge in [0, 0.05) is 25.7 Å². The number of unbranched alkanes of at least 4 members (excludes halogenated alkanes) is 11. The summed E-state index contributed by atoms with van der Waals surface area (Å²) in [5.74, 6) is 6.85. The molecule has 0 N–H and O–H groups in total. The molecule has 1 nitrogen and oxygen atoms in total. The summed E-state index contributed by atoms with van der Waals surface area (Å²) in [6.07, 6.45) is 18.6. The van der Waals surface area contributed by atoms with Crippen LogP contribution in [-0.4, -0.2) is 5.78 Å². The van der Waals surface area contributed by atoms with Gasteiger partial charge in [0.1, 0.15) is 5.78 Å². The molecule has 0 aliphatic carbocycles. The summed E-state index contributed by atoms with van der Waals surface area (Å²) >= 11 is 0. The molecule has 0 radical (unpaired) electrons. The van der Waals surface area contributed by atoms with Crippen molar-refractivity contribution >= 4 is 5.78 Å². The number of carbonyl (C=O) groups is 1. The van der Waals surface area contributed by atoms with Gasteiger partial charge in [-0.3, -0.25) is 4.79 Å². The number of ketones is 1. The van der Waals surface area contributed by atoms with Gasteiger partial charge in [-0.25, -0.2) is 0 Å². The molecule has 0 rings (SSSR count). The van der Waals surface area contributed by atoms with E-state index < -0.39 is 0 Å². The van der Waals surface area contributed by atoms with E-state index >= 15 is 0 Å². The van der Waals surface area contributed by atoms with Gasteiger partial charge < -0.3 is 0 Å². The standard InChI is InChI=1S/C21H38O/c1-3-5-7-9-11-13-15-17-19-21(22)20-18-16-14-12-10-8-6-4-2/h3-11,13,15-20H2,1-2H3. The second kappa shape index (κ2) is 18.3. The van der Waals surface area contributed by atoms with Crippen LogP contribution in [0.15, 0.2) is 0 Å². The molecule has 0 atom stereocenters. The van der Waals surface area contributed by atoms with Crippen molar-refractivity contribution in [2.45, 2.75) is 117 Å². The van der Waals surface area contributed by atoms with Crippen LogP contribution < -0.4 is 0 Å². The predicted molar refractivity (Wildman–Crippen MR) is 98.0 cm³/mol. The summed E-state index contributed by atoms with van der Waals surface area (Å²) in [6.45, 7) is 4.47. The van der Waals surface area contributed by atoms with Crippen molar-refractivity contribution < 1.29 is 4.79 Å². The van der Waals surface area contributed by atoms with E-state index in [2.05, 4.69) is 25.7 Å². The molecule has 0 saturated heterocycles. The Hall–Kier alpha value is -0.770. The molecule has 0 heterocycles. The van der Waals surface area contributed by atoms with Crippen LogP contribution in [0.1, 0.15) is 117 Å². The van der Waals surface area contributed by atoms with Crippen molar-refractivity contribution in [1.29, 1.82) is 0 Å². The lowest BCUT2D eigenvalue weighted by molar-refractivity contribution is -0.119. The van der Waals surface area contributed by atoms with Gasteiger partial charge in [-0.15, -0.1) is 11.8 Å². The van der Waals surface area contributed by atoms with Crippen LogP contribution >= 0.6 is 0 Å². The molecule has 0 unspecified atom stereocenters. The average Bonchev–Trinajstić information content (AvgIpc) is 2.52. The first-order valence-corrected chi connectivity index (χ1v) is 9.78. The maximum atomic E-state index is 11.7. The molecule has 0 aromatic heterocycles. The fourth-order valence-electron chi connectivity index (χ4n) is 2.60. The Morgan fingerprint density at radius 2 is 1.05 bits per heavy atom. The zero-order chi connectivity index (χ0) is 16.3. The summed E-state index contributed by atoms with van der Waals surface area (Å²) in [6, 6.07) is 0. The smallest absolute Gasteiger partial charge is 0.132 e. The number of hydrogen-bond donors (Lipinski definition) is 0. The zero-order valence-electron chi connectivity index (χ0n) is 15.2. The highest BCUT2D eigenvalue weighted by molar-refractivity contribution is 5.78. The van der Waals surface area contributed by atoms with E-state index in [0.29, 0.717) is 5.78 Å². The minimum absolute atomic E-state index is 0.443. The topological polar surface area (TPSA) is 17.1 Å². The number of Topliss-reactive ketones (excluding diaryl/α,β-unsaturated/α-hetero) is 1. The molecule has 0 bridgehead atoms. The molecule has 0 saturated carbocycles. The molecule has 0 aliphatic heterocycles. The van der Waals surface area contributed by atoms with Gasteiger partial charge >= 0.3 is 0 Å². The van der Waals surface area contributed by atoms with Crippen molar-refractivity contribution in [3.8, 4) is 11.8 Å². The molecular formula is C21H38O. The SMILES string of the molecule is CCCCCC#CCCCC(=O)CCCCCCCCCC. The number of carbonyl (C=O) groups excluding carboxylic acids is 1. The van der Waals surface area contributed by atoms with Gasteiger partial charge in [0.15, 0.2) is 0 Å². The van der Waals surface area contributed by atoms with E-state index in [9.17, 15) is 4.79 Å². The summed E-state index contributed by atoms with van der Waals surface area (Å²) < 4.78 is 0. The van der Waals surface area contributed by atoms with Crippen LogP contribution in [0.5, 0.6) is 0 Å². The lowest BCUT2D eigenvalue weighted by Crippen LogP contribution is -1.97. The van der Waals surface area contributed by atoms with Gasteiger partial charge in [-0.2, -0.15) is 0 Å². The summed E-state index contributed by atoms with van der Waals surface area (Å²) in [7, 11) is 0. The maximum absolute atomic E-state index is 11.7. The molecule has 0 aliphatic rings. The van der Waals surface area contributed by atoms with Crippen LogP contribution in [-0.2, 0) is 4.79 Å². The van der Waals surface area contributed by atoms with E-state index in [1.165, 1.54) is 64.2 Å². The number of rotatable bonds is 15. The molecule has 1 heteroatoms. The molecule has 0 aromatic rings.